The molecule has 0 aromatic carbocycles. The summed E-state index contributed by atoms with van der Waals surface area (Å²) in [5.74, 6) is 3.30. The molecule has 0 aliphatic carbocycles. The van der Waals surface area contributed by atoms with Crippen LogP contribution in [0, 0.1) is 6.92 Å². The molecule has 4 rings (SSSR count). The molecule has 0 fully saturated rings. The van der Waals surface area contributed by atoms with Crippen LogP contribution in [0.2, 0.25) is 0 Å². The number of nitrogens with zero attached hydrogens (tertiary/aromatic N) is 4. The van der Waals surface area contributed by atoms with Gasteiger partial charge < -0.3 is 10.1 Å². The fourth-order valence-electron chi connectivity index (χ4n) is 3.51. The Labute approximate surface area is 181 Å². The van der Waals surface area contributed by atoms with E-state index >= 15 is 0 Å². The van der Waals surface area contributed by atoms with E-state index in [4.69, 9.17) is 4.74 Å². The molecular weight excluding hydrogens is 394 g/mol. The van der Waals surface area contributed by atoms with E-state index < -0.39 is 0 Å². The number of thioether (sulfide) groups is 1. The number of fused-ring (bicyclic) bond motifs is 1. The first-order chi connectivity index (χ1) is 14.5. The SMILES string of the molecule is Cc1ccc(-c2cc(NCS[C@@H](C)C(C)c3ccnc4c3OC[C@H]4C)ncn2)cn1. The molecule has 4 heterocycles. The normalized spacial score (nSPS) is 17.1. The Morgan fingerprint density at radius 1 is 1.17 bits per heavy atom. The molecule has 0 saturated heterocycles. The summed E-state index contributed by atoms with van der Waals surface area (Å²) in [6, 6.07) is 8.08. The van der Waals surface area contributed by atoms with Crippen molar-refractivity contribution in [3.63, 3.8) is 0 Å². The summed E-state index contributed by atoms with van der Waals surface area (Å²) in [6.45, 7) is 9.38. The largest absolute Gasteiger partial charge is 0.491 e. The van der Waals surface area contributed by atoms with Gasteiger partial charge in [0.25, 0.3) is 0 Å². The average molecular weight is 422 g/mol. The van der Waals surface area contributed by atoms with Crippen molar-refractivity contribution in [3.05, 3.63) is 59.9 Å². The maximum Gasteiger partial charge on any atom is 0.144 e. The zero-order chi connectivity index (χ0) is 21.1. The fourth-order valence-corrected chi connectivity index (χ4v) is 4.44. The third kappa shape index (κ3) is 4.41. The van der Waals surface area contributed by atoms with Crippen molar-refractivity contribution in [2.24, 2.45) is 0 Å². The molecule has 1 unspecified atom stereocenters. The Bertz CT molecular complexity index is 1010. The van der Waals surface area contributed by atoms with Crippen molar-refractivity contribution >= 4 is 17.6 Å². The van der Waals surface area contributed by atoms with Gasteiger partial charge in [0, 0.05) is 46.4 Å². The minimum atomic E-state index is 0.360. The fraction of sp³-hybridized carbons (Fsp3) is 0.391. The van der Waals surface area contributed by atoms with Crippen LogP contribution in [-0.4, -0.2) is 37.7 Å². The first-order valence-corrected chi connectivity index (χ1v) is 11.3. The first-order valence-electron chi connectivity index (χ1n) is 10.2. The maximum atomic E-state index is 5.94. The summed E-state index contributed by atoms with van der Waals surface area (Å²) in [6.07, 6.45) is 5.34. The lowest BCUT2D eigenvalue weighted by atomic mass is 9.96. The Morgan fingerprint density at radius 2 is 2.03 bits per heavy atom. The molecule has 3 aromatic heterocycles. The van der Waals surface area contributed by atoms with Crippen LogP contribution in [0.25, 0.3) is 11.3 Å². The molecule has 0 radical (unpaired) electrons. The van der Waals surface area contributed by atoms with Gasteiger partial charge in [0.2, 0.25) is 0 Å². The second-order valence-electron chi connectivity index (χ2n) is 7.78. The quantitative estimate of drug-likeness (QED) is 0.536. The van der Waals surface area contributed by atoms with E-state index in [0.717, 1.165) is 46.7 Å². The average Bonchev–Trinajstić information content (AvgIpc) is 3.15. The van der Waals surface area contributed by atoms with Crippen molar-refractivity contribution in [1.29, 1.82) is 0 Å². The molecule has 0 amide bonds. The van der Waals surface area contributed by atoms with E-state index in [1.807, 2.05) is 49.3 Å². The van der Waals surface area contributed by atoms with Gasteiger partial charge in [-0.15, -0.1) is 11.8 Å². The number of aromatic nitrogens is 4. The van der Waals surface area contributed by atoms with E-state index in [1.54, 1.807) is 6.33 Å². The van der Waals surface area contributed by atoms with Crippen molar-refractivity contribution in [3.8, 4) is 17.0 Å². The number of nitrogens with one attached hydrogen (secondary N) is 1. The molecular formula is C23H27N5OS. The summed E-state index contributed by atoms with van der Waals surface area (Å²) in [5.41, 5.74) is 5.19. The lowest BCUT2D eigenvalue weighted by Gasteiger charge is -2.22. The standard InChI is InChI=1S/C23H27N5OS/c1-14-11-29-23-19(7-8-24-22(14)23)16(3)17(4)30-13-28-21-9-20(26-12-27-21)18-6-5-15(2)25-10-18/h5-10,12,14,16-17H,11,13H2,1-4H3,(H,26,27,28)/t14-,16?,17+/m1/s1. The smallest absolute Gasteiger partial charge is 0.144 e. The molecule has 156 valence electrons. The summed E-state index contributed by atoms with van der Waals surface area (Å²) < 4.78 is 5.94. The lowest BCUT2D eigenvalue weighted by molar-refractivity contribution is 0.333. The van der Waals surface area contributed by atoms with Gasteiger partial charge in [-0.3, -0.25) is 9.97 Å². The van der Waals surface area contributed by atoms with Gasteiger partial charge in [-0.1, -0.05) is 20.8 Å². The van der Waals surface area contributed by atoms with Gasteiger partial charge in [0.05, 0.1) is 23.9 Å². The minimum absolute atomic E-state index is 0.360. The third-order valence-corrected chi connectivity index (χ3v) is 6.82. The molecule has 0 spiro atoms. The lowest BCUT2D eigenvalue weighted by Crippen LogP contribution is -2.13. The van der Waals surface area contributed by atoms with Gasteiger partial charge in [-0.2, -0.15) is 0 Å². The molecule has 6 nitrogen and oxygen atoms in total. The molecule has 0 saturated carbocycles. The zero-order valence-electron chi connectivity index (χ0n) is 17.8. The molecule has 3 aromatic rings. The monoisotopic (exact) mass is 421 g/mol. The molecule has 1 N–H and O–H groups in total. The molecule has 1 aliphatic rings. The van der Waals surface area contributed by atoms with E-state index in [0.29, 0.717) is 17.1 Å². The van der Waals surface area contributed by atoms with Crippen molar-refractivity contribution in [1.82, 2.24) is 19.9 Å². The van der Waals surface area contributed by atoms with Crippen LogP contribution < -0.4 is 10.1 Å². The highest BCUT2D eigenvalue weighted by Crippen LogP contribution is 2.40. The number of pyridine rings is 2. The Morgan fingerprint density at radius 3 is 2.83 bits per heavy atom. The predicted molar refractivity (Wildman–Crippen MR) is 122 cm³/mol. The van der Waals surface area contributed by atoms with Crippen LogP contribution in [0.15, 0.2) is 43.0 Å². The molecule has 3 atom stereocenters. The van der Waals surface area contributed by atoms with Crippen LogP contribution in [0.1, 0.15) is 49.6 Å². The van der Waals surface area contributed by atoms with Gasteiger partial charge >= 0.3 is 0 Å². The van der Waals surface area contributed by atoms with E-state index in [-0.39, 0.29) is 0 Å². The maximum absolute atomic E-state index is 5.94. The number of hydrogen-bond donors (Lipinski definition) is 1. The highest BCUT2D eigenvalue weighted by atomic mass is 32.2. The Balaban J connectivity index is 1.37. The van der Waals surface area contributed by atoms with Crippen LogP contribution in [0.3, 0.4) is 0 Å². The minimum Gasteiger partial charge on any atom is -0.491 e. The second kappa shape index (κ2) is 9.00. The predicted octanol–water partition coefficient (Wildman–Crippen LogP) is 5.03. The Kier molecular flexibility index (Phi) is 6.18. The summed E-state index contributed by atoms with van der Waals surface area (Å²) in [7, 11) is 0. The highest BCUT2D eigenvalue weighted by molar-refractivity contribution is 8.00. The van der Waals surface area contributed by atoms with Gasteiger partial charge in [-0.25, -0.2) is 9.97 Å². The zero-order valence-corrected chi connectivity index (χ0v) is 18.6. The van der Waals surface area contributed by atoms with Crippen LogP contribution >= 0.6 is 11.8 Å². The highest BCUT2D eigenvalue weighted by Gasteiger charge is 2.28. The van der Waals surface area contributed by atoms with Crippen LogP contribution in [0.4, 0.5) is 5.82 Å². The third-order valence-electron chi connectivity index (χ3n) is 5.58. The van der Waals surface area contributed by atoms with Gasteiger partial charge in [0.1, 0.15) is 17.9 Å². The van der Waals surface area contributed by atoms with Crippen LogP contribution in [-0.2, 0) is 0 Å². The number of ether oxygens (including phenoxy) is 1. The first kappa shape index (κ1) is 20.6. The number of anilines is 1. The summed E-state index contributed by atoms with van der Waals surface area (Å²) in [4.78, 5) is 17.6. The molecule has 30 heavy (non-hydrogen) atoms. The topological polar surface area (TPSA) is 72.8 Å². The Hall–Kier alpha value is -2.67. The van der Waals surface area contributed by atoms with E-state index in [2.05, 4.69) is 52.1 Å². The van der Waals surface area contributed by atoms with Gasteiger partial charge in [0.15, 0.2) is 0 Å². The molecule has 0 bridgehead atoms. The summed E-state index contributed by atoms with van der Waals surface area (Å²) in [5, 5.41) is 3.82. The van der Waals surface area contributed by atoms with E-state index in [1.165, 1.54) is 5.56 Å². The number of hydrogen-bond acceptors (Lipinski definition) is 7. The second-order valence-corrected chi connectivity index (χ2v) is 9.15. The molecule has 1 aliphatic heterocycles. The van der Waals surface area contributed by atoms with Crippen molar-refractivity contribution in [2.75, 3.05) is 17.8 Å². The van der Waals surface area contributed by atoms with Crippen molar-refractivity contribution in [2.45, 2.75) is 44.8 Å². The van der Waals surface area contributed by atoms with Gasteiger partial charge in [-0.05, 0) is 31.0 Å². The number of rotatable bonds is 7. The molecule has 7 heteroatoms. The van der Waals surface area contributed by atoms with Crippen LogP contribution in [0.5, 0.6) is 5.75 Å². The summed E-state index contributed by atoms with van der Waals surface area (Å²) >= 11 is 1.86. The van der Waals surface area contributed by atoms with Crippen molar-refractivity contribution < 1.29 is 4.74 Å². The number of aryl methyl sites for hydroxylation is 1. The van der Waals surface area contributed by atoms with E-state index in [9.17, 15) is 0 Å².